The molecule has 0 saturated carbocycles. The molecule has 0 radical (unpaired) electrons. The Labute approximate surface area is 167 Å². The van der Waals surface area contributed by atoms with Crippen LogP contribution in [0.2, 0.25) is 0 Å². The van der Waals surface area contributed by atoms with Crippen molar-refractivity contribution in [3.05, 3.63) is 70.3 Å². The van der Waals surface area contributed by atoms with Crippen molar-refractivity contribution in [2.24, 2.45) is 0 Å². The minimum Gasteiger partial charge on any atom is -0.373 e. The van der Waals surface area contributed by atoms with E-state index in [0.29, 0.717) is 12.1 Å². The van der Waals surface area contributed by atoms with Gasteiger partial charge in [-0.2, -0.15) is 0 Å². The van der Waals surface area contributed by atoms with Gasteiger partial charge in [-0.15, -0.1) is 0 Å². The standard InChI is InChI=1S/C23H29N3O2/c1-16-13-26(14-17(2)28-16)15-18-3-6-20(7-4-18)23(27)25-10-19-5-8-21-11-24-12-22(21)9-19/h3-9,16-17,24H,10-15H2,1-2H3,(H,25,27). The van der Waals surface area contributed by atoms with Crippen molar-refractivity contribution in [3.63, 3.8) is 0 Å². The zero-order valence-corrected chi connectivity index (χ0v) is 16.7. The first-order valence-corrected chi connectivity index (χ1v) is 10.1. The Kier molecular flexibility index (Phi) is 5.76. The minimum absolute atomic E-state index is 0.0289. The van der Waals surface area contributed by atoms with Crippen LogP contribution < -0.4 is 10.6 Å². The van der Waals surface area contributed by atoms with Crippen molar-refractivity contribution in [2.75, 3.05) is 13.1 Å². The summed E-state index contributed by atoms with van der Waals surface area (Å²) in [5.41, 5.74) is 5.76. The van der Waals surface area contributed by atoms with Crippen LogP contribution in [0.3, 0.4) is 0 Å². The van der Waals surface area contributed by atoms with Gasteiger partial charge in [0.1, 0.15) is 0 Å². The fourth-order valence-corrected chi connectivity index (χ4v) is 4.18. The summed E-state index contributed by atoms with van der Waals surface area (Å²) >= 11 is 0. The van der Waals surface area contributed by atoms with Gasteiger partial charge in [-0.1, -0.05) is 30.3 Å². The molecule has 2 heterocycles. The molecule has 1 amide bonds. The van der Waals surface area contributed by atoms with Gasteiger partial charge in [-0.05, 0) is 48.2 Å². The van der Waals surface area contributed by atoms with E-state index in [-0.39, 0.29) is 18.1 Å². The Morgan fingerprint density at radius 3 is 2.46 bits per heavy atom. The van der Waals surface area contributed by atoms with Crippen molar-refractivity contribution in [1.82, 2.24) is 15.5 Å². The van der Waals surface area contributed by atoms with Crippen LogP contribution in [0.25, 0.3) is 0 Å². The highest BCUT2D eigenvalue weighted by Gasteiger charge is 2.22. The molecule has 2 aliphatic heterocycles. The van der Waals surface area contributed by atoms with E-state index in [2.05, 4.69) is 59.7 Å². The molecule has 5 heteroatoms. The summed E-state index contributed by atoms with van der Waals surface area (Å²) in [6.45, 7) is 9.43. The number of morpholine rings is 1. The number of amides is 1. The number of hydrogen-bond donors (Lipinski definition) is 2. The second kappa shape index (κ2) is 8.43. The van der Waals surface area contributed by atoms with Crippen molar-refractivity contribution < 1.29 is 9.53 Å². The molecule has 0 bridgehead atoms. The summed E-state index contributed by atoms with van der Waals surface area (Å²) in [5.74, 6) is -0.0289. The highest BCUT2D eigenvalue weighted by Crippen LogP contribution is 2.17. The summed E-state index contributed by atoms with van der Waals surface area (Å²) in [6, 6.07) is 14.4. The van der Waals surface area contributed by atoms with Crippen LogP contribution in [0.15, 0.2) is 42.5 Å². The van der Waals surface area contributed by atoms with Gasteiger partial charge in [0.05, 0.1) is 12.2 Å². The molecule has 2 unspecified atom stereocenters. The number of nitrogens with one attached hydrogen (secondary N) is 2. The molecule has 0 aromatic heterocycles. The van der Waals surface area contributed by atoms with Crippen molar-refractivity contribution in [3.8, 4) is 0 Å². The van der Waals surface area contributed by atoms with Gasteiger partial charge in [0, 0.05) is 44.8 Å². The molecule has 2 aromatic rings. The number of fused-ring (bicyclic) bond motifs is 1. The smallest absolute Gasteiger partial charge is 0.251 e. The van der Waals surface area contributed by atoms with Gasteiger partial charge in [-0.25, -0.2) is 0 Å². The third-order valence-corrected chi connectivity index (χ3v) is 5.47. The third-order valence-electron chi connectivity index (χ3n) is 5.47. The van der Waals surface area contributed by atoms with Crippen LogP contribution in [0.4, 0.5) is 0 Å². The lowest BCUT2D eigenvalue weighted by Crippen LogP contribution is -2.44. The van der Waals surface area contributed by atoms with Crippen molar-refractivity contribution in [1.29, 1.82) is 0 Å². The molecule has 4 rings (SSSR count). The van der Waals surface area contributed by atoms with Crippen LogP contribution in [0, 0.1) is 0 Å². The summed E-state index contributed by atoms with van der Waals surface area (Å²) < 4.78 is 5.79. The Hall–Kier alpha value is -2.21. The van der Waals surface area contributed by atoms with Gasteiger partial charge < -0.3 is 15.4 Å². The molecule has 2 aliphatic rings. The molecule has 5 nitrogen and oxygen atoms in total. The first-order chi connectivity index (χ1) is 13.6. The van der Waals surface area contributed by atoms with E-state index in [9.17, 15) is 4.79 Å². The van der Waals surface area contributed by atoms with E-state index in [1.807, 2.05) is 12.1 Å². The normalized spacial score (nSPS) is 22.1. The van der Waals surface area contributed by atoms with E-state index in [4.69, 9.17) is 4.74 Å². The molecule has 1 saturated heterocycles. The van der Waals surface area contributed by atoms with Gasteiger partial charge >= 0.3 is 0 Å². The van der Waals surface area contributed by atoms with Crippen LogP contribution in [-0.4, -0.2) is 36.1 Å². The number of nitrogens with zero attached hydrogens (tertiary/aromatic N) is 1. The third kappa shape index (κ3) is 4.61. The first-order valence-electron chi connectivity index (χ1n) is 10.1. The lowest BCUT2D eigenvalue weighted by molar-refractivity contribution is -0.0704. The number of carbonyl (C=O) groups excluding carboxylic acids is 1. The SMILES string of the molecule is CC1CN(Cc2ccc(C(=O)NCc3ccc4c(c3)CNC4)cc2)CC(C)O1. The summed E-state index contributed by atoms with van der Waals surface area (Å²) in [6.07, 6.45) is 0.535. The van der Waals surface area contributed by atoms with Crippen LogP contribution in [0.1, 0.15) is 46.5 Å². The Morgan fingerprint density at radius 1 is 1.04 bits per heavy atom. The van der Waals surface area contributed by atoms with Gasteiger partial charge in [-0.3, -0.25) is 9.69 Å². The van der Waals surface area contributed by atoms with Crippen molar-refractivity contribution in [2.45, 2.75) is 52.2 Å². The number of ether oxygens (including phenoxy) is 1. The molecule has 2 N–H and O–H groups in total. The molecule has 2 aromatic carbocycles. The van der Waals surface area contributed by atoms with E-state index >= 15 is 0 Å². The maximum absolute atomic E-state index is 12.5. The molecule has 28 heavy (non-hydrogen) atoms. The average Bonchev–Trinajstić information content (AvgIpc) is 3.14. The summed E-state index contributed by atoms with van der Waals surface area (Å²) in [7, 11) is 0. The Morgan fingerprint density at radius 2 is 1.71 bits per heavy atom. The van der Waals surface area contributed by atoms with Crippen molar-refractivity contribution >= 4 is 5.91 Å². The number of benzene rings is 2. The average molecular weight is 380 g/mol. The quantitative estimate of drug-likeness (QED) is 0.839. The Balaban J connectivity index is 1.31. The molecule has 148 valence electrons. The molecule has 0 aliphatic carbocycles. The van der Waals surface area contributed by atoms with Crippen LogP contribution in [-0.2, 0) is 30.9 Å². The van der Waals surface area contributed by atoms with E-state index in [1.165, 1.54) is 16.7 Å². The van der Waals surface area contributed by atoms with Gasteiger partial charge in [0.15, 0.2) is 0 Å². The molecule has 2 atom stereocenters. The zero-order chi connectivity index (χ0) is 19.5. The second-order valence-corrected chi connectivity index (χ2v) is 8.04. The molecular formula is C23H29N3O2. The maximum atomic E-state index is 12.5. The highest BCUT2D eigenvalue weighted by atomic mass is 16.5. The molecular weight excluding hydrogens is 350 g/mol. The topological polar surface area (TPSA) is 53.6 Å². The van der Waals surface area contributed by atoms with Gasteiger partial charge in [0.2, 0.25) is 0 Å². The Bertz CT molecular complexity index is 824. The monoisotopic (exact) mass is 379 g/mol. The lowest BCUT2D eigenvalue weighted by atomic mass is 10.1. The molecule has 0 spiro atoms. The lowest BCUT2D eigenvalue weighted by Gasteiger charge is -2.35. The fraction of sp³-hybridized carbons (Fsp3) is 0.435. The highest BCUT2D eigenvalue weighted by molar-refractivity contribution is 5.94. The second-order valence-electron chi connectivity index (χ2n) is 8.04. The largest absolute Gasteiger partial charge is 0.373 e. The minimum atomic E-state index is -0.0289. The first kappa shape index (κ1) is 19.1. The summed E-state index contributed by atoms with van der Waals surface area (Å²) in [4.78, 5) is 14.9. The van der Waals surface area contributed by atoms with E-state index < -0.39 is 0 Å². The number of carbonyl (C=O) groups is 1. The van der Waals surface area contributed by atoms with Gasteiger partial charge in [0.25, 0.3) is 5.91 Å². The summed E-state index contributed by atoms with van der Waals surface area (Å²) in [5, 5.41) is 6.38. The zero-order valence-electron chi connectivity index (χ0n) is 16.7. The van der Waals surface area contributed by atoms with E-state index in [1.54, 1.807) is 0 Å². The van der Waals surface area contributed by atoms with Crippen LogP contribution in [0.5, 0.6) is 0 Å². The van der Waals surface area contributed by atoms with Crippen LogP contribution >= 0.6 is 0 Å². The fourth-order valence-electron chi connectivity index (χ4n) is 4.18. The number of rotatable bonds is 5. The maximum Gasteiger partial charge on any atom is 0.251 e. The van der Waals surface area contributed by atoms with E-state index in [0.717, 1.165) is 38.3 Å². The predicted molar refractivity (Wildman–Crippen MR) is 110 cm³/mol. The predicted octanol–water partition coefficient (Wildman–Crippen LogP) is 2.83. The molecule has 1 fully saturated rings. The number of hydrogen-bond acceptors (Lipinski definition) is 4.